The fraction of sp³-hybridized carbons (Fsp3) is 0. The van der Waals surface area contributed by atoms with Gasteiger partial charge in [-0.1, -0.05) is 84.9 Å². The number of allylic oxidation sites excluding steroid dienone is 1. The lowest BCUT2D eigenvalue weighted by molar-refractivity contribution is 0.106. The van der Waals surface area contributed by atoms with Crippen LogP contribution in [0.1, 0.15) is 27.2 Å². The first-order valence-electron chi connectivity index (χ1n) is 8.63. The zero-order chi connectivity index (χ0) is 17.5. The molecule has 0 N–H and O–H groups in total. The Bertz CT molecular complexity index is 1130. The largest absolute Gasteiger partial charge is 0.288 e. The van der Waals surface area contributed by atoms with Gasteiger partial charge in [-0.25, -0.2) is 4.98 Å². The van der Waals surface area contributed by atoms with E-state index in [2.05, 4.69) is 0 Å². The summed E-state index contributed by atoms with van der Waals surface area (Å²) in [5.74, 6) is 0.0544. The van der Waals surface area contributed by atoms with Crippen molar-refractivity contribution in [3.05, 3.63) is 113 Å². The van der Waals surface area contributed by atoms with Crippen molar-refractivity contribution in [2.75, 3.05) is 0 Å². The first kappa shape index (κ1) is 14.8. The van der Waals surface area contributed by atoms with Gasteiger partial charge in [0.1, 0.15) is 0 Å². The Hall–Kier alpha value is -3.52. The molecule has 0 atom stereocenters. The van der Waals surface area contributed by atoms with Gasteiger partial charge in [-0.15, -0.1) is 0 Å². The average molecular weight is 333 g/mol. The summed E-state index contributed by atoms with van der Waals surface area (Å²) in [5, 5.41) is 0. The number of hydrogen-bond donors (Lipinski definition) is 0. The molecule has 0 spiro atoms. The lowest BCUT2D eigenvalue weighted by Crippen LogP contribution is -1.99. The summed E-state index contributed by atoms with van der Waals surface area (Å²) < 4.78 is 0. The van der Waals surface area contributed by atoms with Gasteiger partial charge >= 0.3 is 0 Å². The standard InChI is InChI=1S/C24H15NO/c26-24-21(17-12-6-2-7-13-17)20(16-10-4-1-5-11-16)23-22(24)18-14-8-3-9-15-19(18)25-23/h1-15H. The molecule has 2 heteroatoms. The van der Waals surface area contributed by atoms with Gasteiger partial charge < -0.3 is 0 Å². The predicted octanol–water partition coefficient (Wildman–Crippen LogP) is 5.34. The number of fused-ring (bicyclic) bond motifs is 3. The zero-order valence-electron chi connectivity index (χ0n) is 14.0. The third-order valence-electron chi connectivity index (χ3n) is 4.82. The van der Waals surface area contributed by atoms with Gasteiger partial charge in [0, 0.05) is 16.7 Å². The van der Waals surface area contributed by atoms with Crippen LogP contribution < -0.4 is 0 Å². The molecule has 0 radical (unpaired) electrons. The van der Waals surface area contributed by atoms with Gasteiger partial charge in [-0.05, 0) is 17.2 Å². The van der Waals surface area contributed by atoms with Crippen LogP contribution in [-0.2, 0) is 0 Å². The van der Waals surface area contributed by atoms with Crippen LogP contribution in [0.4, 0.5) is 0 Å². The van der Waals surface area contributed by atoms with Crippen molar-refractivity contribution >= 4 is 16.9 Å². The number of carbonyl (C=O) groups is 1. The Morgan fingerprint density at radius 2 is 1.12 bits per heavy atom. The number of aromatic nitrogens is 1. The highest BCUT2D eigenvalue weighted by Crippen LogP contribution is 2.46. The molecule has 26 heavy (non-hydrogen) atoms. The van der Waals surface area contributed by atoms with Crippen molar-refractivity contribution in [1.29, 1.82) is 0 Å². The van der Waals surface area contributed by atoms with Crippen LogP contribution in [0.3, 0.4) is 0 Å². The number of Topliss-reactive ketones (excluding diaryl/α,β-unsaturated/α-hetero) is 1. The summed E-state index contributed by atoms with van der Waals surface area (Å²) in [5.41, 5.74) is 6.89. The summed E-state index contributed by atoms with van der Waals surface area (Å²) in [7, 11) is 0. The Kier molecular flexibility index (Phi) is 3.29. The Morgan fingerprint density at radius 3 is 1.77 bits per heavy atom. The summed E-state index contributed by atoms with van der Waals surface area (Å²) >= 11 is 0. The van der Waals surface area contributed by atoms with Gasteiger partial charge in [0.25, 0.3) is 0 Å². The monoisotopic (exact) mass is 333 g/mol. The molecule has 0 unspecified atom stereocenters. The maximum Gasteiger partial charge on any atom is 0.197 e. The van der Waals surface area contributed by atoms with E-state index in [4.69, 9.17) is 4.98 Å². The van der Waals surface area contributed by atoms with Crippen LogP contribution in [0.25, 0.3) is 22.4 Å². The summed E-state index contributed by atoms with van der Waals surface area (Å²) in [6.07, 6.45) is 0. The SMILES string of the molecule is O=C1C(c2ccccc2)=C(c2ccccc2)c2nc3cccccc-3c21. The van der Waals surface area contributed by atoms with Crippen molar-refractivity contribution in [3.8, 4) is 11.3 Å². The summed E-state index contributed by atoms with van der Waals surface area (Å²) in [6.45, 7) is 0. The molecule has 2 aromatic carbocycles. The van der Waals surface area contributed by atoms with Crippen LogP contribution in [0.2, 0.25) is 0 Å². The maximum absolute atomic E-state index is 13.5. The molecule has 0 aromatic heterocycles. The van der Waals surface area contributed by atoms with Crippen molar-refractivity contribution < 1.29 is 4.79 Å². The normalized spacial score (nSPS) is 13.3. The van der Waals surface area contributed by atoms with Gasteiger partial charge in [-0.3, -0.25) is 4.79 Å². The van der Waals surface area contributed by atoms with Gasteiger partial charge in [0.15, 0.2) is 5.78 Å². The first-order valence-corrected chi connectivity index (χ1v) is 8.63. The van der Waals surface area contributed by atoms with Crippen LogP contribution in [0, 0.1) is 0 Å². The van der Waals surface area contributed by atoms with E-state index in [0.29, 0.717) is 5.56 Å². The molecule has 122 valence electrons. The molecule has 2 aromatic rings. The molecule has 5 rings (SSSR count). The lowest BCUT2D eigenvalue weighted by atomic mass is 9.95. The summed E-state index contributed by atoms with van der Waals surface area (Å²) in [4.78, 5) is 18.3. The minimum atomic E-state index is 0.0544. The van der Waals surface area contributed by atoms with E-state index in [1.54, 1.807) is 0 Å². The lowest BCUT2D eigenvalue weighted by Gasteiger charge is -2.08. The third-order valence-corrected chi connectivity index (χ3v) is 4.82. The van der Waals surface area contributed by atoms with Gasteiger partial charge in [0.2, 0.25) is 0 Å². The second-order valence-corrected chi connectivity index (χ2v) is 6.36. The van der Waals surface area contributed by atoms with E-state index >= 15 is 0 Å². The number of ketones is 1. The molecule has 0 amide bonds. The number of nitrogens with zero attached hydrogens (tertiary/aromatic N) is 1. The van der Waals surface area contributed by atoms with E-state index in [0.717, 1.165) is 39.2 Å². The summed E-state index contributed by atoms with van der Waals surface area (Å²) in [6, 6.07) is 29.8. The molecule has 0 fully saturated rings. The number of hydrogen-bond acceptors (Lipinski definition) is 2. The molecular formula is C24H15NO. The fourth-order valence-corrected chi connectivity index (χ4v) is 3.68. The highest BCUT2D eigenvalue weighted by molar-refractivity contribution is 6.42. The number of benzene rings is 2. The van der Waals surface area contributed by atoms with Gasteiger partial charge in [-0.2, -0.15) is 0 Å². The minimum absolute atomic E-state index is 0.0544. The van der Waals surface area contributed by atoms with E-state index in [1.807, 2.05) is 91.0 Å². The quantitative estimate of drug-likeness (QED) is 0.495. The molecule has 1 heterocycles. The van der Waals surface area contributed by atoms with Gasteiger partial charge in [0.05, 0.1) is 17.0 Å². The van der Waals surface area contributed by atoms with Crippen molar-refractivity contribution in [2.45, 2.75) is 0 Å². The fourth-order valence-electron chi connectivity index (χ4n) is 3.68. The zero-order valence-corrected chi connectivity index (χ0v) is 14.0. The molecule has 1 aliphatic heterocycles. The Balaban J connectivity index is 1.87. The van der Waals surface area contributed by atoms with Crippen molar-refractivity contribution in [3.63, 3.8) is 0 Å². The molecule has 0 saturated heterocycles. The molecule has 2 nitrogen and oxygen atoms in total. The molecule has 0 bridgehead atoms. The molecule has 2 aliphatic carbocycles. The third kappa shape index (κ3) is 2.12. The molecule has 3 aliphatic rings. The highest BCUT2D eigenvalue weighted by atomic mass is 16.1. The predicted molar refractivity (Wildman–Crippen MR) is 104 cm³/mol. The second kappa shape index (κ2) is 5.78. The van der Waals surface area contributed by atoms with E-state index in [1.165, 1.54) is 0 Å². The number of carbonyl (C=O) groups excluding carboxylic acids is 1. The Morgan fingerprint density at radius 1 is 0.577 bits per heavy atom. The van der Waals surface area contributed by atoms with E-state index in [-0.39, 0.29) is 5.78 Å². The number of rotatable bonds is 2. The highest BCUT2D eigenvalue weighted by Gasteiger charge is 2.36. The smallest absolute Gasteiger partial charge is 0.197 e. The second-order valence-electron chi connectivity index (χ2n) is 6.36. The van der Waals surface area contributed by atoms with Crippen molar-refractivity contribution in [1.82, 2.24) is 4.98 Å². The first-order chi connectivity index (χ1) is 12.8. The topological polar surface area (TPSA) is 30.0 Å². The maximum atomic E-state index is 13.5. The van der Waals surface area contributed by atoms with Crippen LogP contribution in [0.5, 0.6) is 0 Å². The molecule has 0 saturated carbocycles. The van der Waals surface area contributed by atoms with Crippen LogP contribution in [0.15, 0.2) is 91.0 Å². The Labute approximate surface area is 151 Å². The van der Waals surface area contributed by atoms with Crippen LogP contribution in [-0.4, -0.2) is 10.8 Å². The van der Waals surface area contributed by atoms with Crippen molar-refractivity contribution in [2.24, 2.45) is 0 Å². The van der Waals surface area contributed by atoms with Crippen LogP contribution >= 0.6 is 0 Å². The average Bonchev–Trinajstić information content (AvgIpc) is 3.07. The molecular weight excluding hydrogens is 318 g/mol. The minimum Gasteiger partial charge on any atom is -0.288 e. The van der Waals surface area contributed by atoms with E-state index < -0.39 is 0 Å². The van der Waals surface area contributed by atoms with E-state index in [9.17, 15) is 4.79 Å².